The normalized spacial score (nSPS) is 13.4. The lowest BCUT2D eigenvalue weighted by Crippen LogP contribution is -2.35. The minimum atomic E-state index is -0.0758. The van der Waals surface area contributed by atoms with Crippen molar-refractivity contribution >= 4 is 27.5 Å². The molecular weight excluding hydrogens is 394 g/mol. The molecule has 1 aliphatic carbocycles. The molecule has 2 aromatic heterocycles. The summed E-state index contributed by atoms with van der Waals surface area (Å²) in [7, 11) is 1.81. The SMILES string of the molecule is CCCCN(C)C(=O)Cn1c(-c2cccc(C)c2)nc2sc3c(c2c1=O)CCCC3. The van der Waals surface area contributed by atoms with Crippen LogP contribution < -0.4 is 5.56 Å². The predicted octanol–water partition coefficient (Wildman–Crippen LogP) is 4.57. The molecule has 1 aromatic carbocycles. The molecule has 1 amide bonds. The molecule has 0 aliphatic heterocycles. The van der Waals surface area contributed by atoms with Crippen molar-refractivity contribution in [2.24, 2.45) is 0 Å². The number of fused-ring (bicyclic) bond motifs is 3. The quantitative estimate of drug-likeness (QED) is 0.584. The summed E-state index contributed by atoms with van der Waals surface area (Å²) in [4.78, 5) is 35.4. The second-order valence-electron chi connectivity index (χ2n) is 8.26. The van der Waals surface area contributed by atoms with Gasteiger partial charge in [0.25, 0.3) is 5.56 Å². The van der Waals surface area contributed by atoms with Crippen molar-refractivity contribution in [3.8, 4) is 11.4 Å². The molecule has 0 unspecified atom stereocenters. The molecule has 0 N–H and O–H groups in total. The van der Waals surface area contributed by atoms with Gasteiger partial charge in [-0.2, -0.15) is 0 Å². The Bertz CT molecular complexity index is 1150. The van der Waals surface area contributed by atoms with E-state index in [0.717, 1.165) is 59.0 Å². The van der Waals surface area contributed by atoms with Crippen LogP contribution in [-0.4, -0.2) is 34.0 Å². The third-order valence-electron chi connectivity index (χ3n) is 5.92. The third-order valence-corrected chi connectivity index (χ3v) is 7.10. The van der Waals surface area contributed by atoms with Crippen molar-refractivity contribution in [2.45, 2.75) is 58.9 Å². The third kappa shape index (κ3) is 3.93. The molecule has 5 nitrogen and oxygen atoms in total. The predicted molar refractivity (Wildman–Crippen MR) is 123 cm³/mol. The molecule has 0 fully saturated rings. The average Bonchev–Trinajstić information content (AvgIpc) is 3.12. The molecule has 6 heteroatoms. The van der Waals surface area contributed by atoms with E-state index in [2.05, 4.69) is 6.92 Å². The summed E-state index contributed by atoms with van der Waals surface area (Å²) in [5.74, 6) is 0.539. The smallest absolute Gasteiger partial charge is 0.263 e. The first kappa shape index (κ1) is 20.8. The van der Waals surface area contributed by atoms with Crippen LogP contribution in [0.1, 0.15) is 48.6 Å². The van der Waals surface area contributed by atoms with Crippen LogP contribution in [0.2, 0.25) is 0 Å². The molecule has 0 bridgehead atoms. The average molecular weight is 424 g/mol. The fourth-order valence-electron chi connectivity index (χ4n) is 4.17. The number of nitrogens with zero attached hydrogens (tertiary/aromatic N) is 3. The van der Waals surface area contributed by atoms with Gasteiger partial charge in [0.1, 0.15) is 17.2 Å². The van der Waals surface area contributed by atoms with Crippen LogP contribution >= 0.6 is 11.3 Å². The van der Waals surface area contributed by atoms with E-state index in [-0.39, 0.29) is 18.0 Å². The first-order valence-electron chi connectivity index (χ1n) is 10.9. The fourth-order valence-corrected chi connectivity index (χ4v) is 5.42. The van der Waals surface area contributed by atoms with Crippen molar-refractivity contribution in [3.05, 3.63) is 50.6 Å². The van der Waals surface area contributed by atoms with Gasteiger partial charge in [0.2, 0.25) is 5.91 Å². The highest BCUT2D eigenvalue weighted by Gasteiger charge is 2.24. The van der Waals surface area contributed by atoms with Gasteiger partial charge in [-0.3, -0.25) is 14.2 Å². The molecule has 0 saturated heterocycles. The number of benzene rings is 1. The molecular formula is C24H29N3O2S. The number of carbonyl (C=O) groups is 1. The molecule has 4 rings (SSSR count). The van der Waals surface area contributed by atoms with E-state index in [1.807, 2.05) is 38.2 Å². The number of hydrogen-bond acceptors (Lipinski definition) is 4. The van der Waals surface area contributed by atoms with Gasteiger partial charge >= 0.3 is 0 Å². The highest BCUT2D eigenvalue weighted by atomic mass is 32.1. The molecule has 2 heterocycles. The van der Waals surface area contributed by atoms with E-state index in [1.54, 1.807) is 20.8 Å². The van der Waals surface area contributed by atoms with Gasteiger partial charge < -0.3 is 4.90 Å². The van der Waals surface area contributed by atoms with Crippen molar-refractivity contribution in [2.75, 3.05) is 13.6 Å². The van der Waals surface area contributed by atoms with E-state index in [0.29, 0.717) is 12.4 Å². The molecule has 0 saturated carbocycles. The Morgan fingerprint density at radius 3 is 2.83 bits per heavy atom. The highest BCUT2D eigenvalue weighted by Crippen LogP contribution is 2.34. The summed E-state index contributed by atoms with van der Waals surface area (Å²) in [5, 5.41) is 0.732. The second kappa shape index (κ2) is 8.72. The zero-order chi connectivity index (χ0) is 21.3. The van der Waals surface area contributed by atoms with Gasteiger partial charge in [0.15, 0.2) is 0 Å². The highest BCUT2D eigenvalue weighted by molar-refractivity contribution is 7.18. The Kier molecular flexibility index (Phi) is 6.04. The summed E-state index contributed by atoms with van der Waals surface area (Å²) >= 11 is 1.65. The first-order chi connectivity index (χ1) is 14.5. The lowest BCUT2D eigenvalue weighted by molar-refractivity contribution is -0.130. The maximum atomic E-state index is 13.7. The van der Waals surface area contributed by atoms with Gasteiger partial charge in [-0.05, 0) is 50.7 Å². The minimum Gasteiger partial charge on any atom is -0.344 e. The number of rotatable bonds is 6. The topological polar surface area (TPSA) is 55.2 Å². The van der Waals surface area contributed by atoms with Gasteiger partial charge in [0.05, 0.1) is 5.39 Å². The standard InChI is InChI=1S/C24H29N3O2S/c1-4-5-13-26(3)20(28)15-27-22(17-10-8-9-16(2)14-17)25-23-21(24(27)29)18-11-6-7-12-19(18)30-23/h8-10,14H,4-7,11-13,15H2,1-3H3. The summed E-state index contributed by atoms with van der Waals surface area (Å²) in [6.45, 7) is 4.86. The minimum absolute atomic E-state index is 0.0237. The van der Waals surface area contributed by atoms with E-state index in [4.69, 9.17) is 4.98 Å². The molecule has 0 radical (unpaired) electrons. The summed E-state index contributed by atoms with van der Waals surface area (Å²) in [5.41, 5.74) is 3.07. The maximum Gasteiger partial charge on any atom is 0.263 e. The van der Waals surface area contributed by atoms with E-state index in [9.17, 15) is 9.59 Å². The molecule has 3 aromatic rings. The monoisotopic (exact) mass is 423 g/mol. The Morgan fingerprint density at radius 2 is 2.07 bits per heavy atom. The number of likely N-dealkylation sites (N-methyl/N-ethyl adjacent to an activating group) is 1. The van der Waals surface area contributed by atoms with Crippen LogP contribution in [0.4, 0.5) is 0 Å². The number of carbonyl (C=O) groups excluding carboxylic acids is 1. The molecule has 30 heavy (non-hydrogen) atoms. The first-order valence-corrected chi connectivity index (χ1v) is 11.7. The molecule has 0 spiro atoms. The number of hydrogen-bond donors (Lipinski definition) is 0. The van der Waals surface area contributed by atoms with Crippen molar-refractivity contribution in [1.29, 1.82) is 0 Å². The number of amides is 1. The largest absolute Gasteiger partial charge is 0.344 e. The lowest BCUT2D eigenvalue weighted by atomic mass is 9.97. The Labute approximate surface area is 181 Å². The molecule has 1 aliphatic rings. The summed E-state index contributed by atoms with van der Waals surface area (Å²) in [6.07, 6.45) is 6.21. The second-order valence-corrected chi connectivity index (χ2v) is 9.34. The van der Waals surface area contributed by atoms with Gasteiger partial charge in [0, 0.05) is 24.0 Å². The summed E-state index contributed by atoms with van der Waals surface area (Å²) < 4.78 is 1.60. The zero-order valence-electron chi connectivity index (χ0n) is 18.0. The summed E-state index contributed by atoms with van der Waals surface area (Å²) in [6, 6.07) is 8.00. The molecule has 0 atom stereocenters. The van der Waals surface area contributed by atoms with Gasteiger partial charge in [-0.1, -0.05) is 37.1 Å². The van der Waals surface area contributed by atoms with Gasteiger partial charge in [-0.15, -0.1) is 11.3 Å². The van der Waals surface area contributed by atoms with Crippen LogP contribution in [0, 0.1) is 6.92 Å². The van der Waals surface area contributed by atoms with Crippen molar-refractivity contribution in [1.82, 2.24) is 14.5 Å². The Hall–Kier alpha value is -2.47. The van der Waals surface area contributed by atoms with Crippen LogP contribution in [-0.2, 0) is 24.2 Å². The number of unbranched alkanes of at least 4 members (excludes halogenated alkanes) is 1. The van der Waals surface area contributed by atoms with Crippen molar-refractivity contribution < 1.29 is 4.79 Å². The van der Waals surface area contributed by atoms with Gasteiger partial charge in [-0.25, -0.2) is 4.98 Å². The van der Waals surface area contributed by atoms with E-state index < -0.39 is 0 Å². The maximum absolute atomic E-state index is 13.7. The zero-order valence-corrected chi connectivity index (χ0v) is 18.8. The van der Waals surface area contributed by atoms with E-state index >= 15 is 0 Å². The van der Waals surface area contributed by atoms with Crippen LogP contribution in [0.25, 0.3) is 21.6 Å². The fraction of sp³-hybridized carbons (Fsp3) is 0.458. The van der Waals surface area contributed by atoms with Crippen molar-refractivity contribution in [3.63, 3.8) is 0 Å². The molecule has 158 valence electrons. The van der Waals surface area contributed by atoms with Crippen LogP contribution in [0.3, 0.4) is 0 Å². The Morgan fingerprint density at radius 1 is 1.27 bits per heavy atom. The number of thiophene rings is 1. The number of aryl methyl sites for hydroxylation is 3. The van der Waals surface area contributed by atoms with Crippen LogP contribution in [0.15, 0.2) is 29.1 Å². The number of aromatic nitrogens is 2. The van der Waals surface area contributed by atoms with Crippen LogP contribution in [0.5, 0.6) is 0 Å². The lowest BCUT2D eigenvalue weighted by Gasteiger charge is -2.19. The Balaban J connectivity index is 1.86. The van der Waals surface area contributed by atoms with E-state index in [1.165, 1.54) is 11.3 Å².